The van der Waals surface area contributed by atoms with Crippen LogP contribution in [-0.2, 0) is 9.53 Å². The first kappa shape index (κ1) is 27.8. The van der Waals surface area contributed by atoms with Gasteiger partial charge in [-0.05, 0) is 71.9 Å². The van der Waals surface area contributed by atoms with Gasteiger partial charge in [0.25, 0.3) is 0 Å². The lowest BCUT2D eigenvalue weighted by atomic mass is 9.82. The minimum atomic E-state index is -1.33. The van der Waals surface area contributed by atoms with E-state index in [9.17, 15) is 9.90 Å². The monoisotopic (exact) mass is 504 g/mol. The molecule has 0 bridgehead atoms. The number of hydrogen-bond acceptors (Lipinski definition) is 5. The molecule has 0 saturated carbocycles. The Kier molecular flexibility index (Phi) is 7.98. The lowest BCUT2D eigenvalue weighted by Gasteiger charge is -2.41. The number of carboxylic acids is 1. The average molecular weight is 505 g/mol. The van der Waals surface area contributed by atoms with Crippen LogP contribution in [0.1, 0.15) is 78.7 Å². The zero-order chi connectivity index (χ0) is 27.0. The molecule has 6 nitrogen and oxygen atoms in total. The number of ether oxygens (including phenoxy) is 2. The zero-order valence-electron chi connectivity index (χ0n) is 22.5. The van der Waals surface area contributed by atoms with E-state index in [4.69, 9.17) is 9.47 Å². The molecule has 1 aliphatic rings. The van der Waals surface area contributed by atoms with E-state index < -0.39 is 29.3 Å². The van der Waals surface area contributed by atoms with E-state index in [-0.39, 0.29) is 22.8 Å². The highest BCUT2D eigenvalue weighted by Gasteiger charge is 2.36. The van der Waals surface area contributed by atoms with Crippen molar-refractivity contribution in [1.29, 1.82) is 0 Å². The summed E-state index contributed by atoms with van der Waals surface area (Å²) in [5, 5.41) is 10.2. The second-order valence-corrected chi connectivity index (χ2v) is 11.5. The van der Waals surface area contributed by atoms with Crippen molar-refractivity contribution < 1.29 is 28.2 Å². The molecule has 1 saturated heterocycles. The topological polar surface area (TPSA) is 71.9 Å². The molecule has 8 heteroatoms. The number of halogens is 2. The summed E-state index contributed by atoms with van der Waals surface area (Å²) in [6, 6.07) is 2.86. The summed E-state index contributed by atoms with van der Waals surface area (Å²) >= 11 is 0. The molecule has 198 valence electrons. The molecule has 0 radical (unpaired) electrons. The second-order valence-electron chi connectivity index (χ2n) is 11.5. The van der Waals surface area contributed by atoms with Gasteiger partial charge in [0.05, 0.1) is 17.4 Å². The molecule has 0 aliphatic carbocycles. The molecule has 1 atom stereocenters. The van der Waals surface area contributed by atoms with Crippen molar-refractivity contribution in [1.82, 2.24) is 4.98 Å². The van der Waals surface area contributed by atoms with Crippen LogP contribution in [0.15, 0.2) is 18.3 Å². The van der Waals surface area contributed by atoms with Gasteiger partial charge in [0.2, 0.25) is 5.82 Å². The van der Waals surface area contributed by atoms with Gasteiger partial charge in [-0.25, -0.2) is 9.18 Å². The summed E-state index contributed by atoms with van der Waals surface area (Å²) < 4.78 is 41.9. The molecular weight excluding hydrogens is 466 g/mol. The van der Waals surface area contributed by atoms with E-state index in [2.05, 4.69) is 23.7 Å². The van der Waals surface area contributed by atoms with Crippen LogP contribution >= 0.6 is 0 Å². The first-order chi connectivity index (χ1) is 16.6. The smallest absolute Gasteiger partial charge is 0.337 e. The third-order valence-electron chi connectivity index (χ3n) is 6.38. The Labute approximate surface area is 212 Å². The number of aromatic nitrogens is 1. The van der Waals surface area contributed by atoms with Crippen LogP contribution in [0.5, 0.6) is 5.75 Å². The molecule has 1 unspecified atom stereocenters. The molecule has 1 aromatic heterocycles. The Morgan fingerprint density at radius 3 is 2.25 bits per heavy atom. The highest BCUT2D eigenvalue weighted by atomic mass is 19.2. The standard InChI is InChI=1S/C28H38F2N2O4/c1-16(2)35-20-10-9-18(22(29)23(20)30)19-15-31-17(3)21(25(26(33)34)36-27(4,5)6)24(19)32-13-11-28(7,8)12-14-32/h9-10,15-16,25H,11-14H2,1-8H3,(H,33,34). The van der Waals surface area contributed by atoms with Crippen molar-refractivity contribution in [2.24, 2.45) is 5.41 Å². The number of aryl methyl sites for hydroxylation is 1. The van der Waals surface area contributed by atoms with Crippen LogP contribution in [0.3, 0.4) is 0 Å². The van der Waals surface area contributed by atoms with Gasteiger partial charge in [-0.3, -0.25) is 4.98 Å². The van der Waals surface area contributed by atoms with Gasteiger partial charge in [0.15, 0.2) is 17.7 Å². The molecular formula is C28H38F2N2O4. The molecule has 0 amide bonds. The van der Waals surface area contributed by atoms with Crippen LogP contribution in [0.4, 0.5) is 14.5 Å². The van der Waals surface area contributed by atoms with Gasteiger partial charge >= 0.3 is 5.97 Å². The molecule has 3 rings (SSSR count). The Balaban J connectivity index is 2.28. The van der Waals surface area contributed by atoms with Gasteiger partial charge < -0.3 is 19.5 Å². The fraction of sp³-hybridized carbons (Fsp3) is 0.571. The predicted octanol–water partition coefficient (Wildman–Crippen LogP) is 6.69. The summed E-state index contributed by atoms with van der Waals surface area (Å²) in [6.07, 6.45) is 1.56. The Morgan fingerprint density at radius 1 is 1.11 bits per heavy atom. The first-order valence-electron chi connectivity index (χ1n) is 12.4. The van der Waals surface area contributed by atoms with Gasteiger partial charge in [-0.1, -0.05) is 13.8 Å². The summed E-state index contributed by atoms with van der Waals surface area (Å²) in [5.41, 5.74) is 1.03. The maximum atomic E-state index is 15.5. The number of carbonyl (C=O) groups is 1. The highest BCUT2D eigenvalue weighted by molar-refractivity contribution is 5.86. The number of piperidine rings is 1. The van der Waals surface area contributed by atoms with E-state index in [1.165, 1.54) is 18.3 Å². The molecule has 1 N–H and O–H groups in total. The van der Waals surface area contributed by atoms with E-state index in [0.717, 1.165) is 12.8 Å². The van der Waals surface area contributed by atoms with Crippen molar-refractivity contribution in [3.8, 4) is 16.9 Å². The summed E-state index contributed by atoms with van der Waals surface area (Å²) in [7, 11) is 0. The largest absolute Gasteiger partial charge is 0.488 e. The third kappa shape index (κ3) is 6.14. The molecule has 2 heterocycles. The highest BCUT2D eigenvalue weighted by Crippen LogP contribution is 2.44. The van der Waals surface area contributed by atoms with Crippen molar-refractivity contribution in [2.75, 3.05) is 18.0 Å². The SMILES string of the molecule is Cc1ncc(-c2ccc(OC(C)C)c(F)c2F)c(N2CCC(C)(C)CC2)c1C(OC(C)(C)C)C(=O)O. The minimum absolute atomic E-state index is 0.00270. The minimum Gasteiger partial charge on any atom is -0.488 e. The van der Waals surface area contributed by atoms with Crippen LogP contribution in [0.2, 0.25) is 0 Å². The van der Waals surface area contributed by atoms with Gasteiger partial charge in [-0.15, -0.1) is 0 Å². The number of hydrogen-bond donors (Lipinski definition) is 1. The maximum absolute atomic E-state index is 15.5. The number of aliphatic carboxylic acids is 1. The molecule has 1 aromatic carbocycles. The fourth-order valence-electron chi connectivity index (χ4n) is 4.47. The number of anilines is 1. The van der Waals surface area contributed by atoms with Gasteiger partial charge in [-0.2, -0.15) is 4.39 Å². The zero-order valence-corrected chi connectivity index (χ0v) is 22.5. The van der Waals surface area contributed by atoms with Crippen LogP contribution < -0.4 is 9.64 Å². The Bertz CT molecular complexity index is 1120. The molecule has 36 heavy (non-hydrogen) atoms. The van der Waals surface area contributed by atoms with E-state index in [1.54, 1.807) is 41.5 Å². The average Bonchev–Trinajstić information content (AvgIpc) is 2.75. The fourth-order valence-corrected chi connectivity index (χ4v) is 4.47. The van der Waals surface area contributed by atoms with Crippen LogP contribution in [0, 0.1) is 24.0 Å². The van der Waals surface area contributed by atoms with Crippen molar-refractivity contribution >= 4 is 11.7 Å². The summed E-state index contributed by atoms with van der Waals surface area (Å²) in [6.45, 7) is 16.2. The number of carboxylic acid groups (broad SMARTS) is 1. The third-order valence-corrected chi connectivity index (χ3v) is 6.38. The number of benzene rings is 1. The van der Waals surface area contributed by atoms with Crippen LogP contribution in [-0.4, -0.2) is 40.9 Å². The lowest BCUT2D eigenvalue weighted by Crippen LogP contribution is -2.39. The summed E-state index contributed by atoms with van der Waals surface area (Å²) in [4.78, 5) is 18.9. The number of rotatable bonds is 7. The van der Waals surface area contributed by atoms with Crippen molar-refractivity contribution in [3.63, 3.8) is 0 Å². The summed E-state index contributed by atoms with van der Waals surface area (Å²) in [5.74, 6) is -3.49. The van der Waals surface area contributed by atoms with Crippen molar-refractivity contribution in [2.45, 2.75) is 86.0 Å². The predicted molar refractivity (Wildman–Crippen MR) is 137 cm³/mol. The normalized spacial score (nSPS) is 16.8. The van der Waals surface area contributed by atoms with E-state index in [0.29, 0.717) is 35.6 Å². The van der Waals surface area contributed by atoms with Gasteiger partial charge in [0, 0.05) is 41.7 Å². The van der Waals surface area contributed by atoms with Crippen molar-refractivity contribution in [3.05, 3.63) is 41.2 Å². The van der Waals surface area contributed by atoms with E-state index in [1.807, 2.05) is 0 Å². The quantitative estimate of drug-likeness (QED) is 0.453. The second kappa shape index (κ2) is 10.3. The maximum Gasteiger partial charge on any atom is 0.337 e. The molecule has 0 spiro atoms. The number of pyridine rings is 1. The Hall–Kier alpha value is -2.74. The van der Waals surface area contributed by atoms with Gasteiger partial charge in [0.1, 0.15) is 0 Å². The molecule has 1 aliphatic heterocycles. The lowest BCUT2D eigenvalue weighted by molar-refractivity contribution is -0.160. The molecule has 2 aromatic rings. The van der Waals surface area contributed by atoms with E-state index >= 15 is 8.78 Å². The Morgan fingerprint density at radius 2 is 1.72 bits per heavy atom. The number of nitrogens with zero attached hydrogens (tertiary/aromatic N) is 2. The molecule has 1 fully saturated rings. The first-order valence-corrected chi connectivity index (χ1v) is 12.4. The van der Waals surface area contributed by atoms with Crippen LogP contribution in [0.25, 0.3) is 11.1 Å².